The maximum absolute atomic E-state index is 14.7. The number of halogens is 1. The van der Waals surface area contributed by atoms with Crippen molar-refractivity contribution in [3.8, 4) is 10.7 Å². The van der Waals surface area contributed by atoms with Crippen molar-refractivity contribution in [2.75, 3.05) is 11.4 Å². The minimum absolute atomic E-state index is 0.164. The first kappa shape index (κ1) is 24.5. The molecule has 0 radical (unpaired) electrons. The number of aromatic nitrogens is 4. The van der Waals surface area contributed by atoms with Gasteiger partial charge in [0.15, 0.2) is 5.82 Å². The molecular weight excluding hydrogens is 471 g/mol. The fraction of sp³-hybridized carbons (Fsp3) is 0.435. The average molecular weight is 497 g/mol. The van der Waals surface area contributed by atoms with Crippen molar-refractivity contribution in [2.24, 2.45) is 5.11 Å². The molecule has 1 aliphatic rings. The topological polar surface area (TPSA) is 130 Å². The molecule has 12 heteroatoms. The van der Waals surface area contributed by atoms with Gasteiger partial charge in [0, 0.05) is 34.1 Å². The van der Waals surface area contributed by atoms with Gasteiger partial charge in [-0.2, -0.15) is 0 Å². The van der Waals surface area contributed by atoms with Crippen LogP contribution in [0.1, 0.15) is 50.6 Å². The van der Waals surface area contributed by atoms with Crippen LogP contribution in [0.25, 0.3) is 21.1 Å². The molecule has 0 N–H and O–H groups in total. The summed E-state index contributed by atoms with van der Waals surface area (Å²) in [4.78, 5) is 26.8. The Hall–Kier alpha value is -3.63. The molecule has 0 unspecified atom stereocenters. The normalized spacial score (nSPS) is 14.5. The van der Waals surface area contributed by atoms with E-state index in [0.29, 0.717) is 29.2 Å². The number of carbonyl (C=O) groups excluding carboxylic acids is 1. The van der Waals surface area contributed by atoms with Crippen molar-refractivity contribution < 1.29 is 13.9 Å². The summed E-state index contributed by atoms with van der Waals surface area (Å²) < 4.78 is 20.3. The Kier molecular flexibility index (Phi) is 6.95. The zero-order chi connectivity index (χ0) is 25.1. The van der Waals surface area contributed by atoms with Crippen LogP contribution in [0.5, 0.6) is 0 Å². The van der Waals surface area contributed by atoms with Crippen LogP contribution >= 0.6 is 11.3 Å². The Labute approximate surface area is 205 Å². The molecular formula is C23H25FN8O2S. The van der Waals surface area contributed by atoms with E-state index in [1.54, 1.807) is 51.4 Å². The summed E-state index contributed by atoms with van der Waals surface area (Å²) in [5.74, 6) is -0.102. The second-order valence-corrected chi connectivity index (χ2v) is 10.4. The number of hydrogen-bond acceptors (Lipinski definition) is 8. The first-order valence-electron chi connectivity index (χ1n) is 11.1. The number of pyridine rings is 1. The number of rotatable bonds is 7. The van der Waals surface area contributed by atoms with Crippen LogP contribution in [0.3, 0.4) is 0 Å². The molecule has 1 amide bonds. The zero-order valence-electron chi connectivity index (χ0n) is 19.7. The summed E-state index contributed by atoms with van der Waals surface area (Å²) >= 11 is 1.34. The zero-order valence-corrected chi connectivity index (χ0v) is 20.5. The Morgan fingerprint density at radius 3 is 2.69 bits per heavy atom. The standard InChI is InChI=1S/C23H25FN8O2S/c1-22(2,3)34-21(33)32(14-23(9-5-10-23)19-16(24)6-4-11-26-19)18-8-7-17(29-30-18)20-27-12-15(35-20)13-28-31-25/h4,6-8,11-12H,5,9-10,13-14H2,1-3H3. The van der Waals surface area contributed by atoms with E-state index in [4.69, 9.17) is 10.3 Å². The lowest BCUT2D eigenvalue weighted by Crippen LogP contribution is -2.50. The molecule has 10 nitrogen and oxygen atoms in total. The Morgan fingerprint density at radius 1 is 1.29 bits per heavy atom. The number of ether oxygens (including phenoxy) is 1. The summed E-state index contributed by atoms with van der Waals surface area (Å²) in [6, 6.07) is 6.32. The molecule has 3 aromatic heterocycles. The number of azide groups is 1. The number of nitrogens with zero attached hydrogens (tertiary/aromatic N) is 8. The van der Waals surface area contributed by atoms with Crippen molar-refractivity contribution in [1.29, 1.82) is 0 Å². The number of hydrogen-bond donors (Lipinski definition) is 0. The fourth-order valence-electron chi connectivity index (χ4n) is 3.89. The smallest absolute Gasteiger partial charge is 0.416 e. The number of amides is 1. The molecule has 3 heterocycles. The third-order valence-electron chi connectivity index (χ3n) is 5.64. The lowest BCUT2D eigenvalue weighted by atomic mass is 9.66. The van der Waals surface area contributed by atoms with Crippen LogP contribution < -0.4 is 4.90 Å². The average Bonchev–Trinajstić information content (AvgIpc) is 3.26. The van der Waals surface area contributed by atoms with Gasteiger partial charge in [0.2, 0.25) is 0 Å². The van der Waals surface area contributed by atoms with Crippen molar-refractivity contribution in [2.45, 2.75) is 57.6 Å². The molecule has 1 aliphatic carbocycles. The van der Waals surface area contributed by atoms with Crippen LogP contribution in [-0.4, -0.2) is 38.4 Å². The Morgan fingerprint density at radius 2 is 2.09 bits per heavy atom. The molecule has 0 spiro atoms. The number of carbonyl (C=O) groups is 1. The number of anilines is 1. The molecule has 0 saturated heterocycles. The Bertz CT molecular complexity index is 1250. The maximum atomic E-state index is 14.7. The summed E-state index contributed by atoms with van der Waals surface area (Å²) in [6.45, 7) is 5.72. The van der Waals surface area contributed by atoms with Crippen molar-refractivity contribution in [3.05, 3.63) is 63.5 Å². The minimum Gasteiger partial charge on any atom is -0.443 e. The highest BCUT2D eigenvalue weighted by Crippen LogP contribution is 2.45. The quantitative estimate of drug-likeness (QED) is 0.231. The molecule has 1 saturated carbocycles. The van der Waals surface area contributed by atoms with E-state index in [0.717, 1.165) is 11.3 Å². The van der Waals surface area contributed by atoms with Gasteiger partial charge in [-0.1, -0.05) is 11.5 Å². The van der Waals surface area contributed by atoms with Gasteiger partial charge < -0.3 is 4.74 Å². The molecule has 3 aromatic rings. The SMILES string of the molecule is CC(C)(C)OC(=O)N(CC1(c2ncccc2F)CCC1)c1ccc(-c2ncc(CN=[N+]=[N-])s2)nn1. The van der Waals surface area contributed by atoms with Gasteiger partial charge in [-0.15, -0.1) is 21.5 Å². The van der Waals surface area contributed by atoms with Crippen LogP contribution in [0.2, 0.25) is 0 Å². The fourth-order valence-corrected chi connectivity index (χ4v) is 4.69. The van der Waals surface area contributed by atoms with E-state index in [2.05, 4.69) is 30.2 Å². The highest BCUT2D eigenvalue weighted by molar-refractivity contribution is 7.14. The monoisotopic (exact) mass is 496 g/mol. The molecule has 182 valence electrons. The van der Waals surface area contributed by atoms with Crippen molar-refractivity contribution >= 4 is 23.2 Å². The first-order chi connectivity index (χ1) is 16.7. The Balaban J connectivity index is 1.64. The van der Waals surface area contributed by atoms with E-state index in [9.17, 15) is 9.18 Å². The van der Waals surface area contributed by atoms with Crippen LogP contribution in [0.15, 0.2) is 41.8 Å². The van der Waals surface area contributed by atoms with Crippen molar-refractivity contribution in [3.63, 3.8) is 0 Å². The second-order valence-electron chi connectivity index (χ2n) is 9.33. The second kappa shape index (κ2) is 9.93. The van der Waals surface area contributed by atoms with Gasteiger partial charge in [0.1, 0.15) is 22.1 Å². The van der Waals surface area contributed by atoms with E-state index < -0.39 is 22.9 Å². The van der Waals surface area contributed by atoms with Crippen LogP contribution in [0, 0.1) is 5.82 Å². The van der Waals surface area contributed by atoms with Gasteiger partial charge in [-0.3, -0.25) is 9.88 Å². The predicted octanol–water partition coefficient (Wildman–Crippen LogP) is 5.81. The third kappa shape index (κ3) is 5.55. The van der Waals surface area contributed by atoms with Crippen LogP contribution in [-0.2, 0) is 16.7 Å². The molecule has 1 fully saturated rings. The lowest BCUT2D eigenvalue weighted by molar-refractivity contribution is 0.0557. The largest absolute Gasteiger partial charge is 0.443 e. The highest BCUT2D eigenvalue weighted by Gasteiger charge is 2.45. The first-order valence-corrected chi connectivity index (χ1v) is 11.9. The van der Waals surface area contributed by atoms with Gasteiger partial charge in [0.25, 0.3) is 0 Å². The van der Waals surface area contributed by atoms with Gasteiger partial charge >= 0.3 is 6.09 Å². The highest BCUT2D eigenvalue weighted by atomic mass is 32.1. The lowest BCUT2D eigenvalue weighted by Gasteiger charge is -2.44. The molecule has 4 rings (SSSR count). The summed E-state index contributed by atoms with van der Waals surface area (Å²) in [5.41, 5.74) is 8.00. The summed E-state index contributed by atoms with van der Waals surface area (Å²) in [7, 11) is 0. The third-order valence-corrected chi connectivity index (χ3v) is 6.64. The van der Waals surface area contributed by atoms with E-state index in [1.165, 1.54) is 22.3 Å². The van der Waals surface area contributed by atoms with E-state index in [-0.39, 0.29) is 18.9 Å². The summed E-state index contributed by atoms with van der Waals surface area (Å²) in [5, 5.41) is 12.7. The maximum Gasteiger partial charge on any atom is 0.416 e. The minimum atomic E-state index is -0.727. The van der Waals surface area contributed by atoms with E-state index >= 15 is 0 Å². The van der Waals surface area contributed by atoms with Crippen molar-refractivity contribution in [1.82, 2.24) is 20.2 Å². The molecule has 0 atom stereocenters. The van der Waals surface area contributed by atoms with Gasteiger partial charge in [-0.05, 0) is 63.4 Å². The molecule has 0 bridgehead atoms. The predicted molar refractivity (Wildman–Crippen MR) is 129 cm³/mol. The molecule has 0 aromatic carbocycles. The van der Waals surface area contributed by atoms with E-state index in [1.807, 2.05) is 0 Å². The molecule has 0 aliphatic heterocycles. The number of thiazole rings is 1. The van der Waals surface area contributed by atoms with Crippen LogP contribution in [0.4, 0.5) is 15.0 Å². The van der Waals surface area contributed by atoms with Gasteiger partial charge in [0.05, 0.1) is 12.2 Å². The summed E-state index contributed by atoms with van der Waals surface area (Å²) in [6.07, 6.45) is 4.89. The van der Waals surface area contributed by atoms with Gasteiger partial charge in [-0.25, -0.2) is 14.2 Å². The molecule has 35 heavy (non-hydrogen) atoms.